The Morgan fingerprint density at radius 1 is 0.789 bits per heavy atom. The number of nitrogens with zero attached hydrogens (tertiary/aromatic N) is 1. The second kappa shape index (κ2) is 4.65. The van der Waals surface area contributed by atoms with Crippen molar-refractivity contribution < 1.29 is 5.11 Å². The van der Waals surface area contributed by atoms with Crippen LogP contribution in [-0.2, 0) is 7.05 Å². The van der Waals surface area contributed by atoms with Crippen molar-refractivity contribution in [3.63, 3.8) is 0 Å². The Hall–Kier alpha value is -2.48. The summed E-state index contributed by atoms with van der Waals surface area (Å²) >= 11 is 0. The molecule has 0 fully saturated rings. The number of hydrogen-bond donors (Lipinski definition) is 1. The molecule has 1 N–H and O–H groups in total. The molecule has 0 aliphatic carbocycles. The van der Waals surface area contributed by atoms with Crippen molar-refractivity contribution in [2.45, 2.75) is 0 Å². The lowest BCUT2D eigenvalue weighted by atomic mass is 10.0. The fraction of sp³-hybridized carbons (Fsp3) is 0.0588. The molecule has 3 aromatic rings. The number of aromatic nitrogens is 1. The van der Waals surface area contributed by atoms with Crippen molar-refractivity contribution in [3.8, 4) is 28.1 Å². The summed E-state index contributed by atoms with van der Waals surface area (Å²) in [6.07, 6.45) is 1.75. The molecule has 0 aliphatic heterocycles. The zero-order valence-electron chi connectivity index (χ0n) is 10.7. The van der Waals surface area contributed by atoms with Crippen LogP contribution in [0.5, 0.6) is 5.75 Å². The van der Waals surface area contributed by atoms with Crippen LogP contribution in [0, 0.1) is 0 Å². The first-order valence-corrected chi connectivity index (χ1v) is 6.26. The summed E-state index contributed by atoms with van der Waals surface area (Å²) in [6.45, 7) is 0. The van der Waals surface area contributed by atoms with Gasteiger partial charge in [0.2, 0.25) is 0 Å². The van der Waals surface area contributed by atoms with Crippen LogP contribution in [0.15, 0.2) is 66.9 Å². The first kappa shape index (κ1) is 11.6. The van der Waals surface area contributed by atoms with Crippen molar-refractivity contribution in [2.75, 3.05) is 0 Å². The van der Waals surface area contributed by atoms with Gasteiger partial charge in [-0.2, -0.15) is 0 Å². The first-order chi connectivity index (χ1) is 9.27. The zero-order chi connectivity index (χ0) is 13.2. The third-order valence-electron chi connectivity index (χ3n) is 3.27. The van der Waals surface area contributed by atoms with Gasteiger partial charge in [0.1, 0.15) is 5.75 Å². The third-order valence-corrected chi connectivity index (χ3v) is 3.27. The lowest BCUT2D eigenvalue weighted by Gasteiger charge is -2.08. The molecular weight excluding hydrogens is 234 g/mol. The van der Waals surface area contributed by atoms with Crippen LogP contribution in [0.25, 0.3) is 22.4 Å². The van der Waals surface area contributed by atoms with Crippen molar-refractivity contribution in [3.05, 3.63) is 66.9 Å². The minimum Gasteiger partial charge on any atom is -0.506 e. The molecule has 0 saturated heterocycles. The van der Waals surface area contributed by atoms with E-state index in [0.717, 1.165) is 22.4 Å². The maximum absolute atomic E-state index is 10.2. The topological polar surface area (TPSA) is 25.2 Å². The molecule has 0 amide bonds. The standard InChI is InChI=1S/C17H15NO/c1-18-12-15(19)16(13-8-4-2-5-9-13)17(18)14-10-6-3-7-11-14/h2-12,19H,1H3. The van der Waals surface area contributed by atoms with E-state index in [-0.39, 0.29) is 0 Å². The van der Waals surface area contributed by atoms with Crippen LogP contribution >= 0.6 is 0 Å². The van der Waals surface area contributed by atoms with Gasteiger partial charge in [-0.05, 0) is 11.1 Å². The molecule has 19 heavy (non-hydrogen) atoms. The summed E-state index contributed by atoms with van der Waals surface area (Å²) in [5, 5.41) is 10.2. The molecule has 0 bridgehead atoms. The van der Waals surface area contributed by atoms with Gasteiger partial charge in [0.05, 0.1) is 5.69 Å². The molecule has 1 aromatic heterocycles. The minimum atomic E-state index is 0.313. The Labute approximate surface area is 112 Å². The van der Waals surface area contributed by atoms with E-state index >= 15 is 0 Å². The summed E-state index contributed by atoms with van der Waals surface area (Å²) in [5.41, 5.74) is 4.04. The van der Waals surface area contributed by atoms with E-state index in [1.54, 1.807) is 6.20 Å². The van der Waals surface area contributed by atoms with Crippen LogP contribution in [0.2, 0.25) is 0 Å². The molecule has 0 spiro atoms. The Kier molecular flexibility index (Phi) is 2.84. The zero-order valence-corrected chi connectivity index (χ0v) is 10.7. The largest absolute Gasteiger partial charge is 0.506 e. The average molecular weight is 249 g/mol. The van der Waals surface area contributed by atoms with Crippen molar-refractivity contribution in [1.29, 1.82) is 0 Å². The van der Waals surface area contributed by atoms with Gasteiger partial charge >= 0.3 is 0 Å². The summed E-state index contributed by atoms with van der Waals surface area (Å²) in [6, 6.07) is 20.1. The Bertz CT molecular complexity index is 624. The van der Waals surface area contributed by atoms with Crippen LogP contribution in [0.4, 0.5) is 0 Å². The maximum atomic E-state index is 10.2. The third kappa shape index (κ3) is 2.02. The van der Waals surface area contributed by atoms with Gasteiger partial charge in [-0.15, -0.1) is 0 Å². The summed E-state index contributed by atoms with van der Waals surface area (Å²) in [5.74, 6) is 0.313. The highest BCUT2D eigenvalue weighted by Gasteiger charge is 2.16. The van der Waals surface area contributed by atoms with Gasteiger partial charge in [0.15, 0.2) is 0 Å². The van der Waals surface area contributed by atoms with E-state index in [1.807, 2.05) is 60.1 Å². The van der Waals surface area contributed by atoms with Crippen LogP contribution in [-0.4, -0.2) is 9.67 Å². The molecule has 0 aliphatic rings. The van der Waals surface area contributed by atoms with Gasteiger partial charge in [-0.3, -0.25) is 0 Å². The highest BCUT2D eigenvalue weighted by Crippen LogP contribution is 2.39. The molecule has 0 unspecified atom stereocenters. The molecule has 0 saturated carbocycles. The Morgan fingerprint density at radius 2 is 1.32 bits per heavy atom. The summed E-state index contributed by atoms with van der Waals surface area (Å²) in [4.78, 5) is 0. The fourth-order valence-corrected chi connectivity index (χ4v) is 2.44. The van der Waals surface area contributed by atoms with E-state index in [9.17, 15) is 5.11 Å². The lowest BCUT2D eigenvalue weighted by Crippen LogP contribution is -1.91. The van der Waals surface area contributed by atoms with E-state index < -0.39 is 0 Å². The van der Waals surface area contributed by atoms with Crippen molar-refractivity contribution in [1.82, 2.24) is 4.57 Å². The van der Waals surface area contributed by atoms with Gasteiger partial charge < -0.3 is 9.67 Å². The van der Waals surface area contributed by atoms with Crippen molar-refractivity contribution in [2.24, 2.45) is 7.05 Å². The van der Waals surface area contributed by atoms with Crippen LogP contribution < -0.4 is 0 Å². The predicted molar refractivity (Wildman–Crippen MR) is 77.9 cm³/mol. The van der Waals surface area contributed by atoms with Crippen molar-refractivity contribution >= 4 is 0 Å². The van der Waals surface area contributed by atoms with Gasteiger partial charge in [0.25, 0.3) is 0 Å². The normalized spacial score (nSPS) is 10.6. The number of aryl methyl sites for hydroxylation is 1. The van der Waals surface area contributed by atoms with E-state index in [0.29, 0.717) is 5.75 Å². The SMILES string of the molecule is Cn1cc(O)c(-c2ccccc2)c1-c1ccccc1. The van der Waals surface area contributed by atoms with E-state index in [4.69, 9.17) is 0 Å². The van der Waals surface area contributed by atoms with E-state index in [2.05, 4.69) is 12.1 Å². The second-order valence-electron chi connectivity index (χ2n) is 4.58. The Morgan fingerprint density at radius 3 is 1.89 bits per heavy atom. The number of aromatic hydroxyl groups is 1. The predicted octanol–water partition coefficient (Wildman–Crippen LogP) is 4.06. The number of rotatable bonds is 2. The second-order valence-corrected chi connectivity index (χ2v) is 4.58. The molecule has 94 valence electrons. The first-order valence-electron chi connectivity index (χ1n) is 6.26. The Balaban J connectivity index is 2.26. The molecule has 2 heteroatoms. The van der Waals surface area contributed by atoms with Gasteiger partial charge in [-0.25, -0.2) is 0 Å². The number of benzene rings is 2. The highest BCUT2D eigenvalue weighted by molar-refractivity contribution is 5.86. The molecule has 2 nitrogen and oxygen atoms in total. The molecule has 1 heterocycles. The smallest absolute Gasteiger partial charge is 0.141 e. The summed E-state index contributed by atoms with van der Waals surface area (Å²) < 4.78 is 1.97. The molecule has 2 aromatic carbocycles. The van der Waals surface area contributed by atoms with E-state index in [1.165, 1.54) is 0 Å². The maximum Gasteiger partial charge on any atom is 0.141 e. The summed E-state index contributed by atoms with van der Waals surface area (Å²) in [7, 11) is 1.95. The van der Waals surface area contributed by atoms with Gasteiger partial charge in [-0.1, -0.05) is 60.7 Å². The monoisotopic (exact) mass is 249 g/mol. The molecular formula is C17H15NO. The molecule has 0 radical (unpaired) electrons. The van der Waals surface area contributed by atoms with Gasteiger partial charge in [0, 0.05) is 18.8 Å². The fourth-order valence-electron chi connectivity index (χ4n) is 2.44. The quantitative estimate of drug-likeness (QED) is 0.727. The average Bonchev–Trinajstić information content (AvgIpc) is 2.75. The van der Waals surface area contributed by atoms with Crippen LogP contribution in [0.3, 0.4) is 0 Å². The minimum absolute atomic E-state index is 0.313. The highest BCUT2D eigenvalue weighted by atomic mass is 16.3. The number of hydrogen-bond acceptors (Lipinski definition) is 1. The lowest BCUT2D eigenvalue weighted by molar-refractivity contribution is 0.476. The molecule has 3 rings (SSSR count). The molecule has 0 atom stereocenters. The van der Waals surface area contributed by atoms with Crippen LogP contribution in [0.1, 0.15) is 0 Å².